The SMILES string of the molecule is CCCCc1c(NC(=O)C(CCC(C)CC(C)(C)C)C(C)CC(C)(C)C)/c(=C2/C(=O)C(c3cc4c5c(c3NC(=O)C(CCC(C)CC(C)(C)C)C(C)CC(C)(C)C)CCCN5CCC4)=C2O)cc2c1=NCCC2. The highest BCUT2D eigenvalue weighted by Gasteiger charge is 2.42. The number of anilines is 3. The highest BCUT2D eigenvalue weighted by molar-refractivity contribution is 6.52. The van der Waals surface area contributed by atoms with Crippen LogP contribution in [0.5, 0.6) is 0 Å². The summed E-state index contributed by atoms with van der Waals surface area (Å²) in [5.74, 6) is 0.454. The molecule has 8 nitrogen and oxygen atoms in total. The maximum absolute atomic E-state index is 15.5. The zero-order chi connectivity index (χ0) is 54.0. The van der Waals surface area contributed by atoms with Gasteiger partial charge in [-0.25, -0.2) is 0 Å². The fraction of sp³-hybridized carbons (Fsp3) is 0.723. The van der Waals surface area contributed by atoms with E-state index in [1.165, 1.54) is 11.3 Å². The molecule has 73 heavy (non-hydrogen) atoms. The van der Waals surface area contributed by atoms with Gasteiger partial charge in [0.2, 0.25) is 17.6 Å². The maximum atomic E-state index is 15.5. The van der Waals surface area contributed by atoms with Crippen molar-refractivity contribution >= 4 is 45.8 Å². The number of hydrogen-bond acceptors (Lipinski definition) is 6. The molecule has 2 aromatic rings. The topological polar surface area (TPSA) is 111 Å². The molecule has 8 heteroatoms. The third kappa shape index (κ3) is 14.9. The van der Waals surface area contributed by atoms with Crippen LogP contribution in [0.15, 0.2) is 22.9 Å². The molecule has 0 radical (unpaired) electrons. The van der Waals surface area contributed by atoms with Gasteiger partial charge >= 0.3 is 0 Å². The van der Waals surface area contributed by atoms with Crippen LogP contribution in [0.25, 0.3) is 11.1 Å². The summed E-state index contributed by atoms with van der Waals surface area (Å²) in [7, 11) is 0. The van der Waals surface area contributed by atoms with E-state index in [1.807, 2.05) is 0 Å². The number of hydrogen-bond donors (Lipinski definition) is 3. The molecule has 0 bridgehead atoms. The summed E-state index contributed by atoms with van der Waals surface area (Å²) in [6.45, 7) is 41.3. The van der Waals surface area contributed by atoms with E-state index in [4.69, 9.17) is 4.99 Å². The van der Waals surface area contributed by atoms with Crippen LogP contribution >= 0.6 is 0 Å². The number of ketones is 1. The smallest absolute Gasteiger partial charge is 0.227 e. The molecule has 3 aliphatic heterocycles. The first-order valence-electron chi connectivity index (χ1n) is 29.2. The van der Waals surface area contributed by atoms with Crippen molar-refractivity contribution in [1.29, 1.82) is 0 Å². The van der Waals surface area contributed by atoms with E-state index in [9.17, 15) is 5.11 Å². The normalized spacial score (nSPS) is 19.5. The lowest BCUT2D eigenvalue weighted by molar-refractivity contribution is -0.122. The molecular formula is C65H102N4O4. The van der Waals surface area contributed by atoms with Gasteiger partial charge in [0.05, 0.1) is 27.9 Å². The molecule has 2 aromatic carbocycles. The van der Waals surface area contributed by atoms with Crippen LogP contribution in [-0.4, -0.2) is 42.3 Å². The Morgan fingerprint density at radius 1 is 0.658 bits per heavy atom. The number of aliphatic hydroxyl groups is 1. The van der Waals surface area contributed by atoms with Gasteiger partial charge in [0, 0.05) is 53.5 Å². The second-order valence-electron chi connectivity index (χ2n) is 28.9. The van der Waals surface area contributed by atoms with Crippen LogP contribution in [0.3, 0.4) is 0 Å². The molecule has 3 N–H and O–H groups in total. The first kappa shape index (κ1) is 58.3. The van der Waals surface area contributed by atoms with E-state index in [0.29, 0.717) is 40.4 Å². The molecule has 0 saturated heterocycles. The quantitative estimate of drug-likeness (QED) is 0.122. The Labute approximate surface area is 443 Å². The summed E-state index contributed by atoms with van der Waals surface area (Å²) in [4.78, 5) is 53.5. The van der Waals surface area contributed by atoms with Crippen molar-refractivity contribution in [2.24, 2.45) is 62.2 Å². The molecule has 6 unspecified atom stereocenters. The van der Waals surface area contributed by atoms with Crippen molar-refractivity contribution in [2.75, 3.05) is 35.2 Å². The third-order valence-electron chi connectivity index (χ3n) is 16.4. The molecule has 0 spiro atoms. The van der Waals surface area contributed by atoms with E-state index >= 15 is 14.4 Å². The standard InChI is InChI=1S/C65H102N4O4/c1-18-19-25-48-54-44(23-20-31-66-54)34-50(55(48)67-60(72)46(42(4)38-64(12,13)14)29-27-40(2)36-62(6,7)8)52-58(70)53(59(52)71)51-35-45-24-21-32-69-33-22-26-49(57(45)69)56(51)68-61(73)47(43(5)39-65(15,16)17)30-28-41(3)37-63(9,10)11/h34-35,40-43,46-47,70H,18-33,36-39H2,1-17H3,(H,67,72)(H,68,73)/b52-50+. The molecule has 0 saturated carbocycles. The van der Waals surface area contributed by atoms with E-state index in [-0.39, 0.29) is 79.8 Å². The van der Waals surface area contributed by atoms with Crippen molar-refractivity contribution in [3.8, 4) is 0 Å². The highest BCUT2D eigenvalue weighted by atomic mass is 16.3. The van der Waals surface area contributed by atoms with Gasteiger partial charge in [0.15, 0.2) is 0 Å². The van der Waals surface area contributed by atoms with Gasteiger partial charge < -0.3 is 20.6 Å². The van der Waals surface area contributed by atoms with Gasteiger partial charge in [-0.3, -0.25) is 19.4 Å². The summed E-state index contributed by atoms with van der Waals surface area (Å²) in [6.07, 6.45) is 15.4. The number of allylic oxidation sites excluding steroid dienone is 2. The minimum atomic E-state index is -0.240. The minimum Gasteiger partial charge on any atom is -0.506 e. The van der Waals surface area contributed by atoms with Crippen LogP contribution in [-0.2, 0) is 40.1 Å². The molecule has 1 aliphatic carbocycles. The number of carbonyl (C=O) groups is 3. The van der Waals surface area contributed by atoms with Crippen LogP contribution in [0.1, 0.15) is 229 Å². The average Bonchev–Trinajstić information content (AvgIpc) is 3.25. The number of nitrogens with one attached hydrogen (secondary N) is 2. The third-order valence-corrected chi connectivity index (χ3v) is 16.4. The number of amides is 2. The lowest BCUT2D eigenvalue weighted by Gasteiger charge is -2.39. The predicted molar refractivity (Wildman–Crippen MR) is 308 cm³/mol. The molecule has 6 rings (SSSR count). The molecule has 6 atom stereocenters. The van der Waals surface area contributed by atoms with Crippen LogP contribution < -0.4 is 26.1 Å². The molecule has 2 amide bonds. The molecule has 0 fully saturated rings. The number of rotatable bonds is 20. The number of carbonyl (C=O) groups excluding carboxylic acids is 3. The van der Waals surface area contributed by atoms with Gasteiger partial charge in [0.1, 0.15) is 5.76 Å². The van der Waals surface area contributed by atoms with Crippen LogP contribution in [0.2, 0.25) is 0 Å². The predicted octanol–water partition coefficient (Wildman–Crippen LogP) is 15.0. The fourth-order valence-corrected chi connectivity index (χ4v) is 13.9. The molecule has 0 aromatic heterocycles. The Morgan fingerprint density at radius 3 is 1.67 bits per heavy atom. The van der Waals surface area contributed by atoms with Crippen molar-refractivity contribution in [3.05, 3.63) is 56.3 Å². The zero-order valence-electron chi connectivity index (χ0n) is 49.3. The Bertz CT molecular complexity index is 2480. The Balaban J connectivity index is 1.52. The van der Waals surface area contributed by atoms with E-state index < -0.39 is 0 Å². The number of unbranched alkanes of at least 4 members (excludes halogenated alkanes) is 1. The maximum Gasteiger partial charge on any atom is 0.227 e. The minimum absolute atomic E-state index is 0.00759. The zero-order valence-corrected chi connectivity index (χ0v) is 49.3. The Morgan fingerprint density at radius 2 is 1.16 bits per heavy atom. The number of aryl methyl sites for hydroxylation is 2. The van der Waals surface area contributed by atoms with Crippen molar-refractivity contribution in [1.82, 2.24) is 0 Å². The van der Waals surface area contributed by atoms with Crippen molar-refractivity contribution < 1.29 is 19.5 Å². The number of Topliss-reactive ketones (excluding diaryl/α,β-unsaturated/α-hetero) is 1. The Hall–Kier alpha value is -3.94. The number of aliphatic hydroxyl groups excluding tert-OH is 1. The largest absolute Gasteiger partial charge is 0.506 e. The lowest BCUT2D eigenvalue weighted by Crippen LogP contribution is -2.38. The second-order valence-corrected chi connectivity index (χ2v) is 28.9. The lowest BCUT2D eigenvalue weighted by atomic mass is 9.75. The van der Waals surface area contributed by atoms with E-state index in [2.05, 4.69) is 145 Å². The first-order valence-corrected chi connectivity index (χ1v) is 29.2. The van der Waals surface area contributed by atoms with Gasteiger partial charge in [-0.2, -0.15) is 0 Å². The monoisotopic (exact) mass is 1000 g/mol. The van der Waals surface area contributed by atoms with E-state index in [0.717, 1.165) is 144 Å². The molecular weight excluding hydrogens is 901 g/mol. The molecule has 3 heterocycles. The summed E-state index contributed by atoms with van der Waals surface area (Å²) in [6, 6.07) is 4.18. The van der Waals surface area contributed by atoms with Gasteiger partial charge in [-0.05, 0) is 177 Å². The second kappa shape index (κ2) is 23.5. The highest BCUT2D eigenvalue weighted by Crippen LogP contribution is 2.48. The first-order chi connectivity index (χ1) is 34.0. The summed E-state index contributed by atoms with van der Waals surface area (Å²) < 4.78 is 0. The van der Waals surface area contributed by atoms with E-state index in [1.54, 1.807) is 0 Å². The summed E-state index contributed by atoms with van der Waals surface area (Å²) in [5.41, 5.74) is 8.50. The molecule has 406 valence electrons. The Kier molecular flexibility index (Phi) is 18.8. The van der Waals surface area contributed by atoms with Crippen molar-refractivity contribution in [2.45, 2.75) is 227 Å². The fourth-order valence-electron chi connectivity index (χ4n) is 13.9. The van der Waals surface area contributed by atoms with Gasteiger partial charge in [-0.1, -0.05) is 124 Å². The van der Waals surface area contributed by atoms with Gasteiger partial charge in [0.25, 0.3) is 0 Å². The number of fused-ring (bicyclic) bond motifs is 1. The van der Waals surface area contributed by atoms with Crippen LogP contribution in [0.4, 0.5) is 17.1 Å². The number of benzene rings is 2. The van der Waals surface area contributed by atoms with Gasteiger partial charge in [-0.15, -0.1) is 0 Å². The van der Waals surface area contributed by atoms with Crippen molar-refractivity contribution in [3.63, 3.8) is 0 Å². The van der Waals surface area contributed by atoms with Crippen LogP contribution in [0, 0.1) is 57.2 Å². The average molecular weight is 1000 g/mol. The number of nitrogens with zero attached hydrogens (tertiary/aromatic N) is 2. The summed E-state index contributed by atoms with van der Waals surface area (Å²) >= 11 is 0. The molecule has 4 aliphatic rings. The summed E-state index contributed by atoms with van der Waals surface area (Å²) in [5, 5.41) is 21.4.